The van der Waals surface area contributed by atoms with Crippen molar-refractivity contribution in [2.45, 2.75) is 13.5 Å². The van der Waals surface area contributed by atoms with Crippen LogP contribution in [0.4, 0.5) is 8.78 Å². The number of aryl methyl sites for hydroxylation is 1. The fraction of sp³-hybridized carbons (Fsp3) is 0.136. The molecule has 0 saturated carbocycles. The van der Waals surface area contributed by atoms with Gasteiger partial charge in [-0.05, 0) is 42.8 Å². The summed E-state index contributed by atoms with van der Waals surface area (Å²) in [7, 11) is 1.61. The van der Waals surface area contributed by atoms with Gasteiger partial charge in [-0.1, -0.05) is 30.3 Å². The zero-order valence-electron chi connectivity index (χ0n) is 15.0. The highest BCUT2D eigenvalue weighted by Crippen LogP contribution is 2.34. The Hall–Kier alpha value is -3.21. The van der Waals surface area contributed by atoms with E-state index in [0.29, 0.717) is 10.9 Å². The molecule has 0 saturated heterocycles. The summed E-state index contributed by atoms with van der Waals surface area (Å²) < 4.78 is 35.5. The SMILES string of the molecule is COc1ccc(-c2c3cccc(F)c3nn2Cc2ccccc2F)c(C)c1. The number of aromatic nitrogens is 2. The van der Waals surface area contributed by atoms with Gasteiger partial charge in [0.05, 0.1) is 19.3 Å². The van der Waals surface area contributed by atoms with E-state index in [1.54, 1.807) is 36.1 Å². The number of fused-ring (bicyclic) bond motifs is 1. The Morgan fingerprint density at radius 2 is 1.74 bits per heavy atom. The zero-order chi connectivity index (χ0) is 19.0. The van der Waals surface area contributed by atoms with E-state index in [1.807, 2.05) is 31.2 Å². The van der Waals surface area contributed by atoms with Gasteiger partial charge in [0.2, 0.25) is 0 Å². The highest BCUT2D eigenvalue weighted by molar-refractivity contribution is 5.94. The molecule has 1 aromatic heterocycles. The molecule has 4 rings (SSSR count). The van der Waals surface area contributed by atoms with Crippen molar-refractivity contribution in [3.63, 3.8) is 0 Å². The van der Waals surface area contributed by atoms with E-state index >= 15 is 0 Å². The van der Waals surface area contributed by atoms with Crippen LogP contribution in [0.1, 0.15) is 11.1 Å². The van der Waals surface area contributed by atoms with Crippen LogP contribution < -0.4 is 4.74 Å². The van der Waals surface area contributed by atoms with Crippen molar-refractivity contribution in [2.24, 2.45) is 0 Å². The van der Waals surface area contributed by atoms with Crippen LogP contribution in [0.15, 0.2) is 60.7 Å². The van der Waals surface area contributed by atoms with Crippen molar-refractivity contribution in [2.75, 3.05) is 7.11 Å². The maximum atomic E-state index is 14.4. The van der Waals surface area contributed by atoms with Crippen LogP contribution in [0.25, 0.3) is 22.2 Å². The number of methoxy groups -OCH3 is 1. The van der Waals surface area contributed by atoms with Gasteiger partial charge in [0, 0.05) is 16.5 Å². The lowest BCUT2D eigenvalue weighted by atomic mass is 10.0. The van der Waals surface area contributed by atoms with E-state index in [9.17, 15) is 8.78 Å². The van der Waals surface area contributed by atoms with Gasteiger partial charge in [0.1, 0.15) is 17.1 Å². The first-order valence-corrected chi connectivity index (χ1v) is 8.62. The molecule has 0 spiro atoms. The summed E-state index contributed by atoms with van der Waals surface area (Å²) >= 11 is 0. The van der Waals surface area contributed by atoms with Crippen LogP contribution in [-0.2, 0) is 6.54 Å². The minimum atomic E-state index is -0.396. The summed E-state index contributed by atoms with van der Waals surface area (Å²) in [4.78, 5) is 0. The molecular weight excluding hydrogens is 346 g/mol. The standard InChI is InChI=1S/C22H18F2N2O/c1-14-12-16(27-2)10-11-17(14)22-18-7-5-9-20(24)21(18)25-26(22)13-15-6-3-4-8-19(15)23/h3-12H,13H2,1-2H3. The second-order valence-electron chi connectivity index (χ2n) is 6.41. The first-order valence-electron chi connectivity index (χ1n) is 8.62. The van der Waals surface area contributed by atoms with Gasteiger partial charge in [0.15, 0.2) is 5.82 Å². The fourth-order valence-corrected chi connectivity index (χ4v) is 3.33. The third-order valence-electron chi connectivity index (χ3n) is 4.69. The average Bonchev–Trinajstić information content (AvgIpc) is 3.03. The molecule has 0 atom stereocenters. The van der Waals surface area contributed by atoms with Gasteiger partial charge < -0.3 is 4.74 Å². The summed E-state index contributed by atoms with van der Waals surface area (Å²) in [5.74, 6) is 0.0361. The topological polar surface area (TPSA) is 27.1 Å². The molecule has 0 fully saturated rings. The van der Waals surface area contributed by atoms with E-state index in [-0.39, 0.29) is 17.9 Å². The third-order valence-corrected chi connectivity index (χ3v) is 4.69. The third kappa shape index (κ3) is 3.05. The fourth-order valence-electron chi connectivity index (χ4n) is 3.33. The lowest BCUT2D eigenvalue weighted by Gasteiger charge is -2.12. The quantitative estimate of drug-likeness (QED) is 0.488. The minimum absolute atomic E-state index is 0.210. The van der Waals surface area contributed by atoms with E-state index in [4.69, 9.17) is 4.74 Å². The Balaban J connectivity index is 1.95. The molecule has 0 aliphatic rings. The van der Waals surface area contributed by atoms with Gasteiger partial charge in [0.25, 0.3) is 0 Å². The number of halogens is 2. The van der Waals surface area contributed by atoms with Gasteiger partial charge in [-0.3, -0.25) is 4.68 Å². The summed E-state index contributed by atoms with van der Waals surface area (Å²) in [5, 5.41) is 5.15. The number of hydrogen-bond acceptors (Lipinski definition) is 2. The van der Waals surface area contributed by atoms with Gasteiger partial charge in [-0.25, -0.2) is 8.78 Å². The summed E-state index contributed by atoms with van der Waals surface area (Å²) in [5.41, 5.74) is 3.40. The molecule has 3 aromatic carbocycles. The molecule has 27 heavy (non-hydrogen) atoms. The molecule has 1 heterocycles. The van der Waals surface area contributed by atoms with Crippen LogP contribution in [0.5, 0.6) is 5.75 Å². The van der Waals surface area contributed by atoms with Crippen LogP contribution in [0, 0.1) is 18.6 Å². The molecule has 0 bridgehead atoms. The van der Waals surface area contributed by atoms with E-state index in [1.165, 1.54) is 12.1 Å². The largest absolute Gasteiger partial charge is 0.497 e. The van der Waals surface area contributed by atoms with Crippen molar-refractivity contribution in [1.29, 1.82) is 0 Å². The predicted octanol–water partition coefficient (Wildman–Crippen LogP) is 5.35. The Morgan fingerprint density at radius 1 is 0.963 bits per heavy atom. The molecule has 0 aliphatic carbocycles. The number of ether oxygens (including phenoxy) is 1. The second kappa shape index (κ2) is 6.83. The van der Waals surface area contributed by atoms with Crippen LogP contribution in [-0.4, -0.2) is 16.9 Å². The van der Waals surface area contributed by atoms with Gasteiger partial charge in [-0.15, -0.1) is 0 Å². The van der Waals surface area contributed by atoms with Gasteiger partial charge >= 0.3 is 0 Å². The molecule has 0 unspecified atom stereocenters. The number of rotatable bonds is 4. The minimum Gasteiger partial charge on any atom is -0.497 e. The van der Waals surface area contributed by atoms with E-state index in [0.717, 1.165) is 22.6 Å². The summed E-state index contributed by atoms with van der Waals surface area (Å²) in [6.07, 6.45) is 0. The smallest absolute Gasteiger partial charge is 0.151 e. The van der Waals surface area contributed by atoms with Crippen molar-refractivity contribution in [3.05, 3.63) is 83.4 Å². The molecule has 136 valence electrons. The Kier molecular flexibility index (Phi) is 4.36. The average molecular weight is 364 g/mol. The Bertz CT molecular complexity index is 1130. The summed E-state index contributed by atoms with van der Waals surface area (Å²) in [6.45, 7) is 2.17. The highest BCUT2D eigenvalue weighted by Gasteiger charge is 2.18. The van der Waals surface area contributed by atoms with Crippen molar-refractivity contribution in [3.8, 4) is 17.0 Å². The zero-order valence-corrected chi connectivity index (χ0v) is 15.0. The molecule has 0 radical (unpaired) electrons. The monoisotopic (exact) mass is 364 g/mol. The molecule has 4 aromatic rings. The molecule has 0 amide bonds. The lowest BCUT2D eigenvalue weighted by molar-refractivity contribution is 0.414. The number of benzene rings is 3. The predicted molar refractivity (Wildman–Crippen MR) is 102 cm³/mol. The molecule has 0 aliphatic heterocycles. The Morgan fingerprint density at radius 3 is 2.48 bits per heavy atom. The maximum Gasteiger partial charge on any atom is 0.151 e. The van der Waals surface area contributed by atoms with Gasteiger partial charge in [-0.2, -0.15) is 5.10 Å². The van der Waals surface area contributed by atoms with Crippen molar-refractivity contribution < 1.29 is 13.5 Å². The van der Waals surface area contributed by atoms with E-state index in [2.05, 4.69) is 5.10 Å². The number of hydrogen-bond donors (Lipinski definition) is 0. The maximum absolute atomic E-state index is 14.4. The lowest BCUT2D eigenvalue weighted by Crippen LogP contribution is -2.06. The normalized spacial score (nSPS) is 11.1. The van der Waals surface area contributed by atoms with Crippen LogP contribution in [0.3, 0.4) is 0 Å². The van der Waals surface area contributed by atoms with Crippen molar-refractivity contribution >= 4 is 10.9 Å². The Labute approximate surface area is 155 Å². The number of nitrogens with zero attached hydrogens (tertiary/aromatic N) is 2. The van der Waals surface area contributed by atoms with E-state index < -0.39 is 5.82 Å². The summed E-state index contributed by atoms with van der Waals surface area (Å²) in [6, 6.07) is 17.1. The van der Waals surface area contributed by atoms with Crippen molar-refractivity contribution in [1.82, 2.24) is 9.78 Å². The molecular formula is C22H18F2N2O. The van der Waals surface area contributed by atoms with Crippen LogP contribution >= 0.6 is 0 Å². The van der Waals surface area contributed by atoms with Crippen LogP contribution in [0.2, 0.25) is 0 Å². The second-order valence-corrected chi connectivity index (χ2v) is 6.41. The first kappa shape index (κ1) is 17.2. The molecule has 3 nitrogen and oxygen atoms in total. The molecule has 5 heteroatoms. The molecule has 0 N–H and O–H groups in total. The highest BCUT2D eigenvalue weighted by atomic mass is 19.1. The first-order chi connectivity index (χ1) is 13.1.